The van der Waals surface area contributed by atoms with Gasteiger partial charge in [-0.3, -0.25) is 4.79 Å². The number of hydrogen-bond donors (Lipinski definition) is 2. The molecule has 1 aromatic heterocycles. The molecule has 0 saturated carbocycles. The maximum atomic E-state index is 12.8. The zero-order chi connectivity index (χ0) is 18.3. The number of carbonyl (C=O) groups excluding carboxylic acids is 1. The standard InChI is InChI=1S/C20H18Cl2N2O2/c1-26-19-15(22)9-8-14(21)18(19)20(25)23-11-6-7-13-12-4-2-3-5-16(12)24-17(13)10-11/h2-5,8-9,11,24H,6-7,10H2,1H3,(H,23,25). The summed E-state index contributed by atoms with van der Waals surface area (Å²) >= 11 is 12.4. The molecule has 4 nitrogen and oxygen atoms in total. The molecule has 2 N–H and O–H groups in total. The lowest BCUT2D eigenvalue weighted by Crippen LogP contribution is -2.39. The summed E-state index contributed by atoms with van der Waals surface area (Å²) in [5.41, 5.74) is 3.96. The van der Waals surface area contributed by atoms with Crippen molar-refractivity contribution in [3.05, 3.63) is 63.3 Å². The molecule has 1 aliphatic carbocycles. The second-order valence-electron chi connectivity index (χ2n) is 6.48. The van der Waals surface area contributed by atoms with Crippen LogP contribution in [0.4, 0.5) is 0 Å². The third-order valence-electron chi connectivity index (χ3n) is 4.92. The molecule has 134 valence electrons. The number of aromatic nitrogens is 1. The van der Waals surface area contributed by atoms with E-state index < -0.39 is 0 Å². The predicted molar refractivity (Wildman–Crippen MR) is 105 cm³/mol. The highest BCUT2D eigenvalue weighted by Gasteiger charge is 2.26. The SMILES string of the molecule is COc1c(Cl)ccc(Cl)c1C(=O)NC1CCc2c([nH]c3ccccc23)C1. The normalized spacial score (nSPS) is 16.3. The van der Waals surface area contributed by atoms with Crippen molar-refractivity contribution in [2.75, 3.05) is 7.11 Å². The van der Waals surface area contributed by atoms with E-state index in [1.54, 1.807) is 12.1 Å². The molecule has 1 heterocycles. The molecular weight excluding hydrogens is 371 g/mol. The number of para-hydroxylation sites is 1. The van der Waals surface area contributed by atoms with Crippen molar-refractivity contribution in [2.24, 2.45) is 0 Å². The second-order valence-corrected chi connectivity index (χ2v) is 7.29. The van der Waals surface area contributed by atoms with Gasteiger partial charge >= 0.3 is 0 Å². The smallest absolute Gasteiger partial charge is 0.256 e. The van der Waals surface area contributed by atoms with Gasteiger partial charge in [0.2, 0.25) is 0 Å². The molecule has 1 atom stereocenters. The lowest BCUT2D eigenvalue weighted by Gasteiger charge is -2.24. The van der Waals surface area contributed by atoms with Crippen LogP contribution in [-0.2, 0) is 12.8 Å². The van der Waals surface area contributed by atoms with Gasteiger partial charge in [-0.05, 0) is 36.6 Å². The number of fused-ring (bicyclic) bond motifs is 3. The van der Waals surface area contributed by atoms with Crippen molar-refractivity contribution in [3.63, 3.8) is 0 Å². The topological polar surface area (TPSA) is 54.1 Å². The number of aromatic amines is 1. The van der Waals surface area contributed by atoms with Crippen molar-refractivity contribution < 1.29 is 9.53 Å². The average Bonchev–Trinajstić information content (AvgIpc) is 3.00. The van der Waals surface area contributed by atoms with Gasteiger partial charge in [0.25, 0.3) is 5.91 Å². The van der Waals surface area contributed by atoms with E-state index >= 15 is 0 Å². The molecular formula is C20H18Cl2N2O2. The highest BCUT2D eigenvalue weighted by molar-refractivity contribution is 6.37. The maximum Gasteiger partial charge on any atom is 0.256 e. The number of amides is 1. The van der Waals surface area contributed by atoms with E-state index in [-0.39, 0.29) is 17.5 Å². The molecule has 3 aromatic rings. The Labute approximate surface area is 161 Å². The summed E-state index contributed by atoms with van der Waals surface area (Å²) in [5, 5.41) is 5.04. The third-order valence-corrected chi connectivity index (χ3v) is 5.53. The van der Waals surface area contributed by atoms with Crippen LogP contribution >= 0.6 is 23.2 Å². The molecule has 0 saturated heterocycles. The summed E-state index contributed by atoms with van der Waals surface area (Å²) in [6, 6.07) is 11.6. The number of carbonyl (C=O) groups is 1. The molecule has 26 heavy (non-hydrogen) atoms. The molecule has 1 amide bonds. The van der Waals surface area contributed by atoms with E-state index in [0.29, 0.717) is 15.8 Å². The summed E-state index contributed by atoms with van der Waals surface area (Å²) < 4.78 is 5.28. The van der Waals surface area contributed by atoms with Gasteiger partial charge in [-0.2, -0.15) is 0 Å². The van der Waals surface area contributed by atoms with E-state index in [9.17, 15) is 4.79 Å². The summed E-state index contributed by atoms with van der Waals surface area (Å²) in [6.07, 6.45) is 2.56. The quantitative estimate of drug-likeness (QED) is 0.678. The summed E-state index contributed by atoms with van der Waals surface area (Å²) in [6.45, 7) is 0. The van der Waals surface area contributed by atoms with Crippen molar-refractivity contribution >= 4 is 40.0 Å². The molecule has 0 radical (unpaired) electrons. The van der Waals surface area contributed by atoms with Crippen LogP contribution in [-0.4, -0.2) is 24.0 Å². The first-order valence-electron chi connectivity index (χ1n) is 8.49. The lowest BCUT2D eigenvalue weighted by atomic mass is 9.91. The zero-order valence-corrected chi connectivity index (χ0v) is 15.7. The Balaban J connectivity index is 1.58. The zero-order valence-electron chi connectivity index (χ0n) is 14.2. The molecule has 1 unspecified atom stereocenters. The Bertz CT molecular complexity index is 997. The highest BCUT2D eigenvalue weighted by atomic mass is 35.5. The van der Waals surface area contributed by atoms with Crippen LogP contribution in [0.2, 0.25) is 10.0 Å². The Morgan fingerprint density at radius 2 is 1.96 bits per heavy atom. The number of rotatable bonds is 3. The van der Waals surface area contributed by atoms with Crippen LogP contribution in [0.3, 0.4) is 0 Å². The van der Waals surface area contributed by atoms with Gasteiger partial charge in [0.05, 0.1) is 17.2 Å². The molecule has 0 fully saturated rings. The minimum Gasteiger partial charge on any atom is -0.494 e. The molecule has 1 aliphatic rings. The molecule has 0 aliphatic heterocycles. The Hall–Kier alpha value is -2.17. The molecule has 0 bridgehead atoms. The van der Waals surface area contributed by atoms with Crippen molar-refractivity contribution in [1.29, 1.82) is 0 Å². The first-order valence-corrected chi connectivity index (χ1v) is 9.25. The summed E-state index contributed by atoms with van der Waals surface area (Å²) in [5.74, 6) is 0.0395. The van der Waals surface area contributed by atoms with Crippen LogP contribution in [0, 0.1) is 0 Å². The number of benzene rings is 2. The van der Waals surface area contributed by atoms with Crippen LogP contribution in [0.5, 0.6) is 5.75 Å². The van der Waals surface area contributed by atoms with Crippen molar-refractivity contribution in [1.82, 2.24) is 10.3 Å². The minimum absolute atomic E-state index is 0.0304. The third kappa shape index (κ3) is 2.93. The number of halogens is 2. The van der Waals surface area contributed by atoms with E-state index in [4.69, 9.17) is 27.9 Å². The fourth-order valence-corrected chi connectivity index (χ4v) is 4.18. The van der Waals surface area contributed by atoms with Gasteiger partial charge in [0.1, 0.15) is 5.56 Å². The van der Waals surface area contributed by atoms with Crippen LogP contribution in [0.15, 0.2) is 36.4 Å². The molecule has 2 aromatic carbocycles. The van der Waals surface area contributed by atoms with Gasteiger partial charge in [0.15, 0.2) is 5.75 Å². The van der Waals surface area contributed by atoms with Crippen molar-refractivity contribution in [2.45, 2.75) is 25.3 Å². The van der Waals surface area contributed by atoms with E-state index in [2.05, 4.69) is 28.5 Å². The molecule has 0 spiro atoms. The summed E-state index contributed by atoms with van der Waals surface area (Å²) in [7, 11) is 1.48. The van der Waals surface area contributed by atoms with Gasteiger partial charge < -0.3 is 15.0 Å². The van der Waals surface area contributed by atoms with E-state index in [0.717, 1.165) is 24.8 Å². The van der Waals surface area contributed by atoms with Crippen molar-refractivity contribution in [3.8, 4) is 5.75 Å². The Morgan fingerprint density at radius 1 is 1.19 bits per heavy atom. The van der Waals surface area contributed by atoms with Gasteiger partial charge in [-0.1, -0.05) is 41.4 Å². The first-order chi connectivity index (χ1) is 12.6. The van der Waals surface area contributed by atoms with Crippen LogP contribution in [0.1, 0.15) is 28.0 Å². The van der Waals surface area contributed by atoms with Gasteiger partial charge in [0, 0.05) is 29.1 Å². The number of ether oxygens (including phenoxy) is 1. The van der Waals surface area contributed by atoms with E-state index in [1.807, 2.05) is 6.07 Å². The van der Waals surface area contributed by atoms with Crippen LogP contribution in [0.25, 0.3) is 10.9 Å². The Kier molecular flexibility index (Phi) is 4.55. The lowest BCUT2D eigenvalue weighted by molar-refractivity contribution is 0.0930. The first kappa shape index (κ1) is 17.3. The van der Waals surface area contributed by atoms with Gasteiger partial charge in [-0.15, -0.1) is 0 Å². The Morgan fingerprint density at radius 3 is 2.77 bits per heavy atom. The largest absolute Gasteiger partial charge is 0.494 e. The fraction of sp³-hybridized carbons (Fsp3) is 0.250. The van der Waals surface area contributed by atoms with Gasteiger partial charge in [-0.25, -0.2) is 0 Å². The van der Waals surface area contributed by atoms with Crippen LogP contribution < -0.4 is 10.1 Å². The average molecular weight is 389 g/mol. The molecule has 6 heteroatoms. The monoisotopic (exact) mass is 388 g/mol. The highest BCUT2D eigenvalue weighted by Crippen LogP contribution is 2.34. The predicted octanol–water partition coefficient (Wildman–Crippen LogP) is 4.77. The number of H-pyrrole nitrogens is 1. The molecule has 4 rings (SSSR count). The maximum absolute atomic E-state index is 12.8. The fourth-order valence-electron chi connectivity index (χ4n) is 3.71. The minimum atomic E-state index is -0.265. The van der Waals surface area contributed by atoms with E-state index in [1.165, 1.54) is 23.8 Å². The number of hydrogen-bond acceptors (Lipinski definition) is 2. The number of methoxy groups -OCH3 is 1. The summed E-state index contributed by atoms with van der Waals surface area (Å²) in [4.78, 5) is 16.3. The number of nitrogens with one attached hydrogen (secondary N) is 2. The second kappa shape index (κ2) is 6.86. The number of aryl methyl sites for hydroxylation is 1.